The number of carbonyl (C=O) groups is 1. The van der Waals surface area contributed by atoms with E-state index in [1.54, 1.807) is 33.3 Å². The van der Waals surface area contributed by atoms with Gasteiger partial charge in [0.15, 0.2) is 0 Å². The molecule has 2 aromatic heterocycles. The molecule has 2 heterocycles. The van der Waals surface area contributed by atoms with E-state index in [1.807, 2.05) is 47.0 Å². The summed E-state index contributed by atoms with van der Waals surface area (Å²) >= 11 is 2.25. The fourth-order valence-electron chi connectivity index (χ4n) is 4.29. The summed E-state index contributed by atoms with van der Waals surface area (Å²) in [6.07, 6.45) is 0. The molecule has 0 saturated heterocycles. The second-order valence-electron chi connectivity index (χ2n) is 8.36. The Bertz CT molecular complexity index is 1720. The molecule has 3 aromatic carbocycles. The maximum Gasteiger partial charge on any atom is 0.351 e. The third-order valence-corrected chi connectivity index (χ3v) is 6.89. The Morgan fingerprint density at radius 2 is 1.86 bits per heavy atom. The number of aromatic carboxylic acids is 1. The number of benzene rings is 3. The van der Waals surface area contributed by atoms with Crippen LogP contribution in [-0.2, 0) is 6.54 Å². The van der Waals surface area contributed by atoms with E-state index >= 15 is 0 Å². The number of fused-ring (bicyclic) bond motifs is 2. The standard InChI is InChI=1S/C27H22IN3O6/c1-14-19-11-20-21(12-23(19)37-26(34)24(14)25(32)33)31(13-15-4-9-18(35-2)10-22(15)36-3)27(30-20)29-17-7-5-16(28)6-8-17/h4-12H,13H2,1-3H3,(H,29,30)(H,32,33). The van der Waals surface area contributed by atoms with Gasteiger partial charge in [0.2, 0.25) is 5.95 Å². The van der Waals surface area contributed by atoms with Gasteiger partial charge in [0.25, 0.3) is 0 Å². The molecule has 0 aliphatic carbocycles. The van der Waals surface area contributed by atoms with Crippen LogP contribution >= 0.6 is 22.6 Å². The molecule has 5 rings (SSSR count). The van der Waals surface area contributed by atoms with Crippen molar-refractivity contribution in [2.45, 2.75) is 13.5 Å². The topological polar surface area (TPSA) is 116 Å². The molecule has 5 aromatic rings. The van der Waals surface area contributed by atoms with Crippen molar-refractivity contribution in [2.75, 3.05) is 19.5 Å². The highest BCUT2D eigenvalue weighted by atomic mass is 127. The molecule has 0 atom stereocenters. The Morgan fingerprint density at radius 1 is 1.11 bits per heavy atom. The lowest BCUT2D eigenvalue weighted by atomic mass is 10.1. The average molecular weight is 611 g/mol. The van der Waals surface area contributed by atoms with Gasteiger partial charge < -0.3 is 28.9 Å². The van der Waals surface area contributed by atoms with Crippen LogP contribution in [0.5, 0.6) is 11.5 Å². The Labute approximate surface area is 224 Å². The van der Waals surface area contributed by atoms with Gasteiger partial charge in [0, 0.05) is 32.3 Å². The largest absolute Gasteiger partial charge is 0.497 e. The van der Waals surface area contributed by atoms with Crippen molar-refractivity contribution in [3.05, 3.63) is 85.3 Å². The third kappa shape index (κ3) is 4.59. The number of hydrogen-bond donors (Lipinski definition) is 2. The average Bonchev–Trinajstić information content (AvgIpc) is 3.20. The van der Waals surface area contributed by atoms with Crippen molar-refractivity contribution in [1.82, 2.24) is 9.55 Å². The minimum atomic E-state index is -1.33. The number of hydrogen-bond acceptors (Lipinski definition) is 7. The Kier molecular flexibility index (Phi) is 6.50. The number of anilines is 2. The number of carboxylic acids is 1. The molecule has 37 heavy (non-hydrogen) atoms. The number of imidazole rings is 1. The van der Waals surface area contributed by atoms with Crippen molar-refractivity contribution in [1.29, 1.82) is 0 Å². The molecule has 0 unspecified atom stereocenters. The maximum absolute atomic E-state index is 12.4. The fourth-order valence-corrected chi connectivity index (χ4v) is 4.65. The third-order valence-electron chi connectivity index (χ3n) is 6.17. The number of aryl methyl sites for hydroxylation is 1. The summed E-state index contributed by atoms with van der Waals surface area (Å²) in [5, 5.41) is 13.4. The van der Waals surface area contributed by atoms with Crippen molar-refractivity contribution in [2.24, 2.45) is 0 Å². The number of halogens is 1. The lowest BCUT2D eigenvalue weighted by molar-refractivity contribution is 0.0691. The monoisotopic (exact) mass is 611 g/mol. The minimum Gasteiger partial charge on any atom is -0.497 e. The van der Waals surface area contributed by atoms with Crippen LogP contribution in [0.1, 0.15) is 21.5 Å². The van der Waals surface area contributed by atoms with Gasteiger partial charge in [-0.15, -0.1) is 0 Å². The maximum atomic E-state index is 12.4. The van der Waals surface area contributed by atoms with Gasteiger partial charge in [-0.05, 0) is 77.5 Å². The van der Waals surface area contributed by atoms with Crippen molar-refractivity contribution in [3.63, 3.8) is 0 Å². The number of carboxylic acid groups (broad SMARTS) is 1. The summed E-state index contributed by atoms with van der Waals surface area (Å²) < 4.78 is 19.4. The number of methoxy groups -OCH3 is 2. The molecule has 188 valence electrons. The SMILES string of the molecule is COc1ccc(Cn2c(Nc3ccc(I)cc3)nc3cc4c(C)c(C(=O)O)c(=O)oc4cc32)c(OC)c1. The quantitative estimate of drug-likeness (QED) is 0.182. The van der Waals surface area contributed by atoms with Gasteiger partial charge in [-0.2, -0.15) is 0 Å². The van der Waals surface area contributed by atoms with E-state index < -0.39 is 11.6 Å². The molecule has 0 saturated carbocycles. The van der Waals surface area contributed by atoms with Crippen molar-refractivity contribution < 1.29 is 23.8 Å². The highest BCUT2D eigenvalue weighted by Gasteiger charge is 2.21. The number of nitrogens with one attached hydrogen (secondary N) is 1. The summed E-state index contributed by atoms with van der Waals surface area (Å²) in [4.78, 5) is 28.9. The molecule has 0 bridgehead atoms. The summed E-state index contributed by atoms with van der Waals surface area (Å²) in [5.74, 6) is 0.552. The molecule has 9 nitrogen and oxygen atoms in total. The van der Waals surface area contributed by atoms with E-state index in [9.17, 15) is 14.7 Å². The number of nitrogens with zero attached hydrogens (tertiary/aromatic N) is 2. The molecule has 0 fully saturated rings. The zero-order valence-electron chi connectivity index (χ0n) is 20.2. The van der Waals surface area contributed by atoms with Gasteiger partial charge in [-0.25, -0.2) is 14.6 Å². The second-order valence-corrected chi connectivity index (χ2v) is 9.61. The van der Waals surface area contributed by atoms with E-state index in [0.717, 1.165) is 14.8 Å². The van der Waals surface area contributed by atoms with Gasteiger partial charge in [0.1, 0.15) is 22.6 Å². The molecule has 2 N–H and O–H groups in total. The Hall–Kier alpha value is -4.06. The van der Waals surface area contributed by atoms with E-state index in [1.165, 1.54) is 0 Å². The smallest absolute Gasteiger partial charge is 0.351 e. The zero-order chi connectivity index (χ0) is 26.3. The van der Waals surface area contributed by atoms with E-state index in [-0.39, 0.29) is 11.1 Å². The molecule has 0 amide bonds. The van der Waals surface area contributed by atoms with Crippen LogP contribution < -0.4 is 20.4 Å². The molecule has 0 aliphatic rings. The highest BCUT2D eigenvalue weighted by Crippen LogP contribution is 2.32. The minimum absolute atomic E-state index is 0.281. The summed E-state index contributed by atoms with van der Waals surface area (Å²) in [7, 11) is 3.19. The highest BCUT2D eigenvalue weighted by molar-refractivity contribution is 14.1. The molecular formula is C27H22IN3O6. The van der Waals surface area contributed by atoms with Gasteiger partial charge >= 0.3 is 11.6 Å². The lowest BCUT2D eigenvalue weighted by Crippen LogP contribution is -2.15. The van der Waals surface area contributed by atoms with E-state index in [0.29, 0.717) is 46.0 Å². The number of rotatable bonds is 7. The molecule has 0 aliphatic heterocycles. The first-order valence-corrected chi connectivity index (χ1v) is 12.3. The number of aromatic nitrogens is 2. The van der Waals surface area contributed by atoms with E-state index in [4.69, 9.17) is 18.9 Å². The van der Waals surface area contributed by atoms with Gasteiger partial charge in [-0.1, -0.05) is 0 Å². The lowest BCUT2D eigenvalue weighted by Gasteiger charge is -2.14. The van der Waals surface area contributed by atoms with Crippen LogP contribution in [0.2, 0.25) is 0 Å². The predicted octanol–water partition coefficient (Wildman–Crippen LogP) is 5.56. The van der Waals surface area contributed by atoms with Crippen LogP contribution in [0, 0.1) is 10.5 Å². The van der Waals surface area contributed by atoms with Crippen molar-refractivity contribution >= 4 is 62.2 Å². The van der Waals surface area contributed by atoms with Crippen LogP contribution in [0.4, 0.5) is 11.6 Å². The van der Waals surface area contributed by atoms with Crippen LogP contribution in [-0.4, -0.2) is 34.8 Å². The van der Waals surface area contributed by atoms with Gasteiger partial charge in [-0.3, -0.25) is 0 Å². The van der Waals surface area contributed by atoms with Gasteiger partial charge in [0.05, 0.1) is 31.8 Å². The van der Waals surface area contributed by atoms with Crippen LogP contribution in [0.25, 0.3) is 22.0 Å². The zero-order valence-corrected chi connectivity index (χ0v) is 22.3. The molecule has 0 spiro atoms. The van der Waals surface area contributed by atoms with Crippen LogP contribution in [0.15, 0.2) is 63.8 Å². The summed E-state index contributed by atoms with van der Waals surface area (Å²) in [5.41, 5.74) is 2.38. The normalized spacial score (nSPS) is 11.1. The molecule has 0 radical (unpaired) electrons. The summed E-state index contributed by atoms with van der Waals surface area (Å²) in [6.45, 7) is 1.98. The number of ether oxygens (including phenoxy) is 2. The first kappa shape index (κ1) is 24.6. The first-order chi connectivity index (χ1) is 17.8. The summed E-state index contributed by atoms with van der Waals surface area (Å²) in [6, 6.07) is 16.9. The Balaban J connectivity index is 1.72. The van der Waals surface area contributed by atoms with Crippen LogP contribution in [0.3, 0.4) is 0 Å². The Morgan fingerprint density at radius 3 is 2.54 bits per heavy atom. The second kappa shape index (κ2) is 9.77. The molecule has 10 heteroatoms. The van der Waals surface area contributed by atoms with E-state index in [2.05, 4.69) is 27.9 Å². The predicted molar refractivity (Wildman–Crippen MR) is 149 cm³/mol. The fraction of sp³-hybridized carbons (Fsp3) is 0.148. The first-order valence-electron chi connectivity index (χ1n) is 11.2. The van der Waals surface area contributed by atoms with Crippen molar-refractivity contribution in [3.8, 4) is 11.5 Å². The molecular weight excluding hydrogens is 589 g/mol.